The average molecular weight is 167 g/mol. The molecule has 12 heavy (non-hydrogen) atoms. The topological polar surface area (TPSA) is 29.1 Å². The second-order valence-electron chi connectivity index (χ2n) is 3.62. The third-order valence-electron chi connectivity index (χ3n) is 2.76. The number of carbonyl (C=O) groups excluding carboxylic acids is 1. The molecule has 2 heteroatoms. The van der Waals surface area contributed by atoms with Gasteiger partial charge >= 0.3 is 0 Å². The van der Waals surface area contributed by atoms with Crippen LogP contribution in [0, 0.1) is 11.8 Å². The van der Waals surface area contributed by atoms with Gasteiger partial charge in [0.15, 0.2) is 0 Å². The summed E-state index contributed by atoms with van der Waals surface area (Å²) in [5, 5.41) is 2.85. The van der Waals surface area contributed by atoms with Crippen LogP contribution in [-0.2, 0) is 4.79 Å². The van der Waals surface area contributed by atoms with Gasteiger partial charge in [-0.2, -0.15) is 0 Å². The lowest BCUT2D eigenvalue weighted by molar-refractivity contribution is -0.116. The van der Waals surface area contributed by atoms with Crippen molar-refractivity contribution >= 4 is 5.91 Å². The molecule has 1 rings (SSSR count). The molecule has 0 heterocycles. The standard InChI is InChI=1S/C10H17NO/c1-3-10(12)11-7-9-6-4-5-8(9)2/h3,8-9H,1,4-7H2,2H3,(H,11,12). The van der Waals surface area contributed by atoms with Gasteiger partial charge in [-0.25, -0.2) is 0 Å². The van der Waals surface area contributed by atoms with Crippen molar-refractivity contribution < 1.29 is 4.79 Å². The molecule has 0 saturated heterocycles. The van der Waals surface area contributed by atoms with Gasteiger partial charge in [-0.1, -0.05) is 26.3 Å². The van der Waals surface area contributed by atoms with E-state index in [1.165, 1.54) is 25.3 Å². The van der Waals surface area contributed by atoms with E-state index in [9.17, 15) is 4.79 Å². The minimum Gasteiger partial charge on any atom is -0.352 e. The number of hydrogen-bond donors (Lipinski definition) is 1. The molecule has 1 N–H and O–H groups in total. The quantitative estimate of drug-likeness (QED) is 0.637. The maximum atomic E-state index is 10.8. The van der Waals surface area contributed by atoms with E-state index in [2.05, 4.69) is 18.8 Å². The zero-order chi connectivity index (χ0) is 8.97. The average Bonchev–Trinajstić information content (AvgIpc) is 2.47. The Kier molecular flexibility index (Phi) is 3.32. The summed E-state index contributed by atoms with van der Waals surface area (Å²) < 4.78 is 0. The molecule has 1 saturated carbocycles. The summed E-state index contributed by atoms with van der Waals surface area (Å²) in [4.78, 5) is 10.8. The van der Waals surface area contributed by atoms with Gasteiger partial charge in [0.25, 0.3) is 0 Å². The highest BCUT2D eigenvalue weighted by Crippen LogP contribution is 2.30. The number of rotatable bonds is 3. The number of hydrogen-bond acceptors (Lipinski definition) is 1. The van der Waals surface area contributed by atoms with Crippen molar-refractivity contribution in [2.75, 3.05) is 6.54 Å². The predicted molar refractivity (Wildman–Crippen MR) is 49.7 cm³/mol. The van der Waals surface area contributed by atoms with Crippen LogP contribution in [0.25, 0.3) is 0 Å². The number of carbonyl (C=O) groups is 1. The van der Waals surface area contributed by atoms with Gasteiger partial charge < -0.3 is 5.32 Å². The largest absolute Gasteiger partial charge is 0.352 e. The highest BCUT2D eigenvalue weighted by atomic mass is 16.1. The fraction of sp³-hybridized carbons (Fsp3) is 0.700. The monoisotopic (exact) mass is 167 g/mol. The SMILES string of the molecule is C=CC(=O)NCC1CCCC1C. The summed E-state index contributed by atoms with van der Waals surface area (Å²) in [5.41, 5.74) is 0. The van der Waals surface area contributed by atoms with Gasteiger partial charge in [0.05, 0.1) is 0 Å². The zero-order valence-electron chi connectivity index (χ0n) is 7.68. The fourth-order valence-corrected chi connectivity index (χ4v) is 1.83. The number of nitrogens with one attached hydrogen (secondary N) is 1. The van der Waals surface area contributed by atoms with Crippen molar-refractivity contribution in [3.8, 4) is 0 Å². The molecule has 2 atom stereocenters. The van der Waals surface area contributed by atoms with Crippen LogP contribution in [-0.4, -0.2) is 12.5 Å². The molecule has 0 aromatic heterocycles. The van der Waals surface area contributed by atoms with Crippen LogP contribution in [0.2, 0.25) is 0 Å². The molecule has 1 aliphatic carbocycles. The molecule has 1 fully saturated rings. The first-order chi connectivity index (χ1) is 5.74. The maximum Gasteiger partial charge on any atom is 0.243 e. The zero-order valence-corrected chi connectivity index (χ0v) is 7.68. The van der Waals surface area contributed by atoms with Gasteiger partial charge in [-0.05, 0) is 24.3 Å². The molecular weight excluding hydrogens is 150 g/mol. The molecule has 0 spiro atoms. The molecule has 0 aliphatic heterocycles. The van der Waals surface area contributed by atoms with Crippen molar-refractivity contribution in [1.29, 1.82) is 0 Å². The van der Waals surface area contributed by atoms with E-state index in [1.807, 2.05) is 0 Å². The Balaban J connectivity index is 2.22. The van der Waals surface area contributed by atoms with Crippen LogP contribution in [0.1, 0.15) is 26.2 Å². The van der Waals surface area contributed by atoms with Crippen LogP contribution in [0.5, 0.6) is 0 Å². The lowest BCUT2D eigenvalue weighted by Crippen LogP contribution is -2.28. The molecule has 1 amide bonds. The molecule has 0 aromatic rings. The second kappa shape index (κ2) is 4.29. The Labute approximate surface area is 74.0 Å². The summed E-state index contributed by atoms with van der Waals surface area (Å²) in [7, 11) is 0. The van der Waals surface area contributed by atoms with Crippen LogP contribution >= 0.6 is 0 Å². The summed E-state index contributed by atoms with van der Waals surface area (Å²) in [6, 6.07) is 0. The van der Waals surface area contributed by atoms with Crippen LogP contribution in [0.4, 0.5) is 0 Å². The van der Waals surface area contributed by atoms with E-state index in [4.69, 9.17) is 0 Å². The fourth-order valence-electron chi connectivity index (χ4n) is 1.83. The molecular formula is C10H17NO. The van der Waals surface area contributed by atoms with Gasteiger partial charge in [-0.15, -0.1) is 0 Å². The van der Waals surface area contributed by atoms with Crippen LogP contribution < -0.4 is 5.32 Å². The molecule has 0 bridgehead atoms. The first kappa shape index (κ1) is 9.30. The van der Waals surface area contributed by atoms with Crippen molar-refractivity contribution in [1.82, 2.24) is 5.32 Å². The van der Waals surface area contributed by atoms with Gasteiger partial charge in [0.2, 0.25) is 5.91 Å². The Bertz CT molecular complexity index is 177. The third kappa shape index (κ3) is 2.36. The minimum atomic E-state index is -0.0471. The summed E-state index contributed by atoms with van der Waals surface area (Å²) in [6.45, 7) is 6.50. The molecule has 0 aromatic carbocycles. The molecule has 1 aliphatic rings. The Morgan fingerprint density at radius 1 is 1.67 bits per heavy atom. The predicted octanol–water partition coefficient (Wildman–Crippen LogP) is 1.72. The van der Waals surface area contributed by atoms with E-state index in [0.29, 0.717) is 5.92 Å². The van der Waals surface area contributed by atoms with E-state index < -0.39 is 0 Å². The smallest absolute Gasteiger partial charge is 0.243 e. The van der Waals surface area contributed by atoms with E-state index >= 15 is 0 Å². The van der Waals surface area contributed by atoms with Crippen molar-refractivity contribution in [3.05, 3.63) is 12.7 Å². The molecule has 0 radical (unpaired) electrons. The lowest BCUT2D eigenvalue weighted by Gasteiger charge is -2.14. The van der Waals surface area contributed by atoms with E-state index in [1.54, 1.807) is 0 Å². The second-order valence-corrected chi connectivity index (χ2v) is 3.62. The Hall–Kier alpha value is -0.790. The highest BCUT2D eigenvalue weighted by molar-refractivity contribution is 5.86. The summed E-state index contributed by atoms with van der Waals surface area (Å²) >= 11 is 0. The van der Waals surface area contributed by atoms with Gasteiger partial charge in [0, 0.05) is 6.54 Å². The minimum absolute atomic E-state index is 0.0471. The number of amides is 1. The van der Waals surface area contributed by atoms with Crippen molar-refractivity contribution in [2.24, 2.45) is 11.8 Å². The van der Waals surface area contributed by atoms with Crippen molar-refractivity contribution in [3.63, 3.8) is 0 Å². The maximum absolute atomic E-state index is 10.8. The Morgan fingerprint density at radius 2 is 2.42 bits per heavy atom. The van der Waals surface area contributed by atoms with E-state index in [-0.39, 0.29) is 5.91 Å². The van der Waals surface area contributed by atoms with Gasteiger partial charge in [-0.3, -0.25) is 4.79 Å². The Morgan fingerprint density at radius 3 is 2.92 bits per heavy atom. The molecule has 2 unspecified atom stereocenters. The van der Waals surface area contributed by atoms with E-state index in [0.717, 1.165) is 12.5 Å². The lowest BCUT2D eigenvalue weighted by atomic mass is 9.98. The normalized spacial score (nSPS) is 28.4. The highest BCUT2D eigenvalue weighted by Gasteiger charge is 2.22. The third-order valence-corrected chi connectivity index (χ3v) is 2.76. The van der Waals surface area contributed by atoms with Crippen molar-refractivity contribution in [2.45, 2.75) is 26.2 Å². The van der Waals surface area contributed by atoms with Crippen LogP contribution in [0.15, 0.2) is 12.7 Å². The molecule has 68 valence electrons. The van der Waals surface area contributed by atoms with Crippen LogP contribution in [0.3, 0.4) is 0 Å². The first-order valence-corrected chi connectivity index (χ1v) is 4.64. The summed E-state index contributed by atoms with van der Waals surface area (Å²) in [6.07, 6.45) is 5.22. The summed E-state index contributed by atoms with van der Waals surface area (Å²) in [5.74, 6) is 1.41. The first-order valence-electron chi connectivity index (χ1n) is 4.64. The van der Waals surface area contributed by atoms with Gasteiger partial charge in [0.1, 0.15) is 0 Å². The molecule has 2 nitrogen and oxygen atoms in total.